The van der Waals surface area contributed by atoms with Crippen LogP contribution >= 0.6 is 22.7 Å². The lowest BCUT2D eigenvalue weighted by molar-refractivity contribution is 0.601. The molecule has 3 aromatic heterocycles. The Balaban J connectivity index is 1.42. The number of hydrogen-bond acceptors (Lipinski definition) is 8. The minimum atomic E-state index is -3.66. The van der Waals surface area contributed by atoms with Crippen molar-refractivity contribution >= 4 is 59.6 Å². The van der Waals surface area contributed by atoms with Crippen molar-refractivity contribution in [2.24, 2.45) is 0 Å². The molecule has 5 rings (SSSR count). The van der Waals surface area contributed by atoms with Crippen molar-refractivity contribution in [1.82, 2.24) is 15.0 Å². The van der Waals surface area contributed by atoms with E-state index in [2.05, 4.69) is 25.0 Å². The van der Waals surface area contributed by atoms with E-state index in [0.717, 1.165) is 34.6 Å². The average Bonchev–Trinajstić information content (AvgIpc) is 3.39. The first-order valence-electron chi connectivity index (χ1n) is 8.65. The molecule has 0 amide bonds. The Hall–Kier alpha value is -2.56. The van der Waals surface area contributed by atoms with E-state index in [1.54, 1.807) is 53.5 Å². The number of rotatable bonds is 5. The van der Waals surface area contributed by atoms with Gasteiger partial charge in [0.15, 0.2) is 5.13 Å². The largest absolute Gasteiger partial charge is 0.340 e. The molecule has 2 N–H and O–H groups in total. The summed E-state index contributed by atoms with van der Waals surface area (Å²) < 4.78 is 27.4. The first-order valence-corrected chi connectivity index (χ1v) is 11.8. The third-order valence-corrected chi connectivity index (χ3v) is 7.96. The van der Waals surface area contributed by atoms with Gasteiger partial charge in [0.1, 0.15) is 17.0 Å². The summed E-state index contributed by atoms with van der Waals surface area (Å²) in [5, 5.41) is 6.46. The molecule has 1 aliphatic rings. The van der Waals surface area contributed by atoms with E-state index < -0.39 is 10.0 Å². The van der Waals surface area contributed by atoms with Gasteiger partial charge < -0.3 is 5.32 Å². The van der Waals surface area contributed by atoms with Crippen molar-refractivity contribution in [1.29, 1.82) is 0 Å². The molecular formula is C18H15N5O2S3. The number of fused-ring (bicyclic) bond motifs is 3. The fraction of sp³-hybridized carbons (Fsp3) is 0.167. The zero-order chi connectivity index (χ0) is 19.1. The van der Waals surface area contributed by atoms with Crippen LogP contribution in [-0.2, 0) is 22.9 Å². The van der Waals surface area contributed by atoms with Crippen molar-refractivity contribution < 1.29 is 8.42 Å². The van der Waals surface area contributed by atoms with Crippen LogP contribution in [0, 0.1) is 0 Å². The zero-order valence-corrected chi connectivity index (χ0v) is 17.0. The molecule has 0 fully saturated rings. The highest BCUT2D eigenvalue weighted by Gasteiger charge is 2.21. The highest BCUT2D eigenvalue weighted by molar-refractivity contribution is 7.93. The van der Waals surface area contributed by atoms with Gasteiger partial charge in [0.25, 0.3) is 10.0 Å². The molecule has 0 bridgehead atoms. The Morgan fingerprint density at radius 3 is 2.68 bits per heavy atom. The molecule has 10 heteroatoms. The fourth-order valence-corrected chi connectivity index (χ4v) is 6.34. The van der Waals surface area contributed by atoms with E-state index in [1.807, 2.05) is 0 Å². The number of anilines is 3. The van der Waals surface area contributed by atoms with E-state index >= 15 is 0 Å². The van der Waals surface area contributed by atoms with Gasteiger partial charge >= 0.3 is 0 Å². The molecule has 0 radical (unpaired) electrons. The Kier molecular flexibility index (Phi) is 4.26. The van der Waals surface area contributed by atoms with Gasteiger partial charge in [-0.05, 0) is 49.1 Å². The van der Waals surface area contributed by atoms with Gasteiger partial charge in [-0.15, -0.1) is 22.7 Å². The Morgan fingerprint density at radius 2 is 1.89 bits per heavy atom. The van der Waals surface area contributed by atoms with Crippen LogP contribution in [0.25, 0.3) is 10.2 Å². The van der Waals surface area contributed by atoms with Crippen LogP contribution in [-0.4, -0.2) is 23.4 Å². The molecule has 0 aliphatic heterocycles. The summed E-state index contributed by atoms with van der Waals surface area (Å²) in [6.07, 6.45) is 6.45. The van der Waals surface area contributed by atoms with Crippen molar-refractivity contribution in [3.63, 3.8) is 0 Å². The molecule has 1 aliphatic carbocycles. The maximum absolute atomic E-state index is 12.5. The Bertz CT molecular complexity index is 1250. The number of aryl methyl sites for hydroxylation is 2. The molecule has 7 nitrogen and oxygen atoms in total. The third kappa shape index (κ3) is 3.13. The highest BCUT2D eigenvalue weighted by atomic mass is 32.2. The van der Waals surface area contributed by atoms with Gasteiger partial charge in [0.2, 0.25) is 0 Å². The molecule has 0 spiro atoms. The summed E-state index contributed by atoms with van der Waals surface area (Å²) >= 11 is 2.97. The summed E-state index contributed by atoms with van der Waals surface area (Å²) in [5.74, 6) is 0.765. The summed E-state index contributed by atoms with van der Waals surface area (Å²) in [6.45, 7) is 0. The quantitative estimate of drug-likeness (QED) is 0.494. The first-order chi connectivity index (χ1) is 13.6. The van der Waals surface area contributed by atoms with Crippen molar-refractivity contribution in [2.75, 3.05) is 10.0 Å². The molecule has 3 heterocycles. The molecule has 28 heavy (non-hydrogen) atoms. The number of nitrogens with zero attached hydrogens (tertiary/aromatic N) is 3. The summed E-state index contributed by atoms with van der Waals surface area (Å²) in [6, 6.07) is 6.59. The predicted octanol–water partition coefficient (Wildman–Crippen LogP) is 4.18. The van der Waals surface area contributed by atoms with Crippen LogP contribution in [0.3, 0.4) is 0 Å². The monoisotopic (exact) mass is 429 g/mol. The van der Waals surface area contributed by atoms with E-state index in [-0.39, 0.29) is 4.90 Å². The van der Waals surface area contributed by atoms with Crippen LogP contribution in [0.2, 0.25) is 0 Å². The second-order valence-electron chi connectivity index (χ2n) is 6.35. The Morgan fingerprint density at radius 1 is 1.04 bits per heavy atom. The van der Waals surface area contributed by atoms with Gasteiger partial charge in [0.05, 0.1) is 10.3 Å². The summed E-state index contributed by atoms with van der Waals surface area (Å²) in [7, 11) is -3.66. The SMILES string of the molecule is O=S(=O)(Nc1nccs1)c1ccc(Nc2ncnc3sc4c(c23)CCC4)cc1. The fourth-order valence-electron chi connectivity index (χ4n) is 3.33. The topological polar surface area (TPSA) is 96.9 Å². The molecular weight excluding hydrogens is 414 g/mol. The highest BCUT2D eigenvalue weighted by Crippen LogP contribution is 2.39. The van der Waals surface area contributed by atoms with Crippen LogP contribution in [0.15, 0.2) is 47.1 Å². The van der Waals surface area contributed by atoms with Crippen LogP contribution < -0.4 is 10.0 Å². The smallest absolute Gasteiger partial charge is 0.263 e. The number of thiophene rings is 1. The molecule has 0 unspecified atom stereocenters. The minimum Gasteiger partial charge on any atom is -0.340 e. The number of aromatic nitrogens is 3. The van der Waals surface area contributed by atoms with Crippen molar-refractivity contribution in [2.45, 2.75) is 24.2 Å². The second-order valence-corrected chi connectivity index (χ2v) is 10.0. The van der Waals surface area contributed by atoms with Crippen LogP contribution in [0.5, 0.6) is 0 Å². The zero-order valence-electron chi connectivity index (χ0n) is 14.5. The van der Waals surface area contributed by atoms with Crippen molar-refractivity contribution in [3.05, 3.63) is 52.6 Å². The number of sulfonamides is 1. The number of thiazole rings is 1. The third-order valence-electron chi connectivity index (χ3n) is 4.58. The molecule has 0 atom stereocenters. The lowest BCUT2D eigenvalue weighted by Gasteiger charge is -2.09. The number of benzene rings is 1. The maximum Gasteiger partial charge on any atom is 0.263 e. The van der Waals surface area contributed by atoms with E-state index in [0.29, 0.717) is 5.13 Å². The molecule has 4 aromatic rings. The molecule has 142 valence electrons. The van der Waals surface area contributed by atoms with Crippen LogP contribution in [0.1, 0.15) is 16.9 Å². The van der Waals surface area contributed by atoms with Crippen molar-refractivity contribution in [3.8, 4) is 0 Å². The minimum absolute atomic E-state index is 0.178. The van der Waals surface area contributed by atoms with Gasteiger partial charge in [-0.2, -0.15) is 0 Å². The van der Waals surface area contributed by atoms with Gasteiger partial charge in [-0.25, -0.2) is 23.4 Å². The number of nitrogens with one attached hydrogen (secondary N) is 2. The van der Waals surface area contributed by atoms with Gasteiger partial charge in [-0.1, -0.05) is 0 Å². The molecule has 0 saturated heterocycles. The van der Waals surface area contributed by atoms with Gasteiger partial charge in [-0.3, -0.25) is 4.72 Å². The normalized spacial score (nSPS) is 13.6. The maximum atomic E-state index is 12.5. The standard InChI is InChI=1S/C18H15N5O2S3/c24-28(25,23-18-19-8-9-26-18)12-6-4-11(5-7-12)22-16-15-13-2-1-3-14(13)27-17(15)21-10-20-16/h4-10H,1-3H2,(H,19,23)(H,20,21,22). The molecule has 0 saturated carbocycles. The lowest BCUT2D eigenvalue weighted by Crippen LogP contribution is -2.12. The number of hydrogen-bond donors (Lipinski definition) is 2. The van der Waals surface area contributed by atoms with E-state index in [1.165, 1.54) is 28.2 Å². The van der Waals surface area contributed by atoms with E-state index in [4.69, 9.17) is 0 Å². The van der Waals surface area contributed by atoms with Crippen LogP contribution in [0.4, 0.5) is 16.6 Å². The predicted molar refractivity (Wildman–Crippen MR) is 112 cm³/mol. The van der Waals surface area contributed by atoms with Gasteiger partial charge in [0, 0.05) is 22.1 Å². The van der Waals surface area contributed by atoms with E-state index in [9.17, 15) is 8.42 Å². The average molecular weight is 430 g/mol. The lowest BCUT2D eigenvalue weighted by atomic mass is 10.2. The molecule has 1 aromatic carbocycles. The summed E-state index contributed by atoms with van der Waals surface area (Å²) in [4.78, 5) is 15.3. The summed E-state index contributed by atoms with van der Waals surface area (Å²) in [5.41, 5.74) is 2.11. The second kappa shape index (κ2) is 6.80. The first kappa shape index (κ1) is 17.5. The Labute approximate surface area is 169 Å².